The van der Waals surface area contributed by atoms with Crippen LogP contribution in [0, 0.1) is 0 Å². The molecule has 0 unspecified atom stereocenters. The summed E-state index contributed by atoms with van der Waals surface area (Å²) < 4.78 is 32.4. The molecule has 0 bridgehead atoms. The Bertz CT molecular complexity index is 1010. The molecule has 0 amide bonds. The van der Waals surface area contributed by atoms with Gasteiger partial charge in [0.15, 0.2) is 0 Å². The number of pyridine rings is 1. The Morgan fingerprint density at radius 3 is 2.84 bits per heavy atom. The van der Waals surface area contributed by atoms with Crippen molar-refractivity contribution in [2.24, 2.45) is 0 Å². The monoisotopic (exact) mass is 378 g/mol. The molecule has 2 heterocycles. The molecular weight excluding hydrogens is 364 g/mol. The first kappa shape index (κ1) is 17.3. The van der Waals surface area contributed by atoms with E-state index >= 15 is 0 Å². The van der Waals surface area contributed by atoms with Gasteiger partial charge in [0.1, 0.15) is 27.6 Å². The van der Waals surface area contributed by atoms with E-state index in [1.807, 2.05) is 24.3 Å². The summed E-state index contributed by atoms with van der Waals surface area (Å²) in [5.41, 5.74) is 0.693. The first-order valence-electron chi connectivity index (χ1n) is 7.26. The highest BCUT2D eigenvalue weighted by Gasteiger charge is 2.23. The van der Waals surface area contributed by atoms with Crippen molar-refractivity contribution < 1.29 is 23.1 Å². The molecular formula is C16H14N2O5S2. The van der Waals surface area contributed by atoms with Crippen molar-refractivity contribution in [1.29, 1.82) is 0 Å². The Morgan fingerprint density at radius 2 is 2.04 bits per heavy atom. The van der Waals surface area contributed by atoms with Gasteiger partial charge in [-0.15, -0.1) is 11.3 Å². The predicted octanol–water partition coefficient (Wildman–Crippen LogP) is 2.35. The van der Waals surface area contributed by atoms with E-state index in [1.165, 1.54) is 11.4 Å². The number of benzene rings is 1. The van der Waals surface area contributed by atoms with E-state index in [9.17, 15) is 13.2 Å². The number of fused-ring (bicyclic) bond motifs is 1. The second-order valence-electron chi connectivity index (χ2n) is 5.00. The molecule has 0 saturated heterocycles. The minimum atomic E-state index is -3.91. The molecule has 0 radical (unpaired) electrons. The molecule has 130 valence electrons. The molecule has 0 saturated carbocycles. The fourth-order valence-electron chi connectivity index (χ4n) is 2.27. The number of ether oxygens (including phenoxy) is 1. The minimum absolute atomic E-state index is 0.000457. The van der Waals surface area contributed by atoms with Crippen LogP contribution in [0.4, 0.5) is 0 Å². The number of carboxylic acids is 1. The largest absolute Gasteiger partial charge is 0.490 e. The van der Waals surface area contributed by atoms with E-state index in [0.717, 1.165) is 16.7 Å². The van der Waals surface area contributed by atoms with E-state index in [1.54, 1.807) is 12.3 Å². The second kappa shape index (κ2) is 7.18. The topological polar surface area (TPSA) is 106 Å². The summed E-state index contributed by atoms with van der Waals surface area (Å²) in [7, 11) is -3.91. The lowest BCUT2D eigenvalue weighted by Crippen LogP contribution is -2.29. The summed E-state index contributed by atoms with van der Waals surface area (Å²) in [6, 6.07) is 10.5. The highest BCUT2D eigenvalue weighted by atomic mass is 32.2. The number of carbonyl (C=O) groups is 1. The molecule has 0 aliphatic heterocycles. The SMILES string of the molecule is O=C(O)c1sccc1S(=O)(=O)NCCOc1cccc2cccnc12. The molecule has 0 atom stereocenters. The third kappa shape index (κ3) is 3.78. The Kier molecular flexibility index (Phi) is 4.98. The number of thiophene rings is 1. The zero-order chi connectivity index (χ0) is 17.9. The Labute approximate surface area is 148 Å². The van der Waals surface area contributed by atoms with Crippen molar-refractivity contribution >= 4 is 38.2 Å². The molecule has 2 N–H and O–H groups in total. The van der Waals surface area contributed by atoms with Gasteiger partial charge in [-0.1, -0.05) is 18.2 Å². The van der Waals surface area contributed by atoms with Gasteiger partial charge in [-0.25, -0.2) is 17.9 Å². The van der Waals surface area contributed by atoms with E-state index in [2.05, 4.69) is 9.71 Å². The summed E-state index contributed by atoms with van der Waals surface area (Å²) in [5.74, 6) is -0.715. The van der Waals surface area contributed by atoms with Crippen molar-refractivity contribution in [3.8, 4) is 5.75 Å². The van der Waals surface area contributed by atoms with Gasteiger partial charge in [0.25, 0.3) is 0 Å². The quantitative estimate of drug-likeness (QED) is 0.612. The fourth-order valence-corrected chi connectivity index (χ4v) is 4.54. The molecule has 2 aromatic heterocycles. The van der Waals surface area contributed by atoms with Crippen LogP contribution in [0.25, 0.3) is 10.9 Å². The lowest BCUT2D eigenvalue weighted by molar-refractivity contribution is 0.0698. The number of rotatable bonds is 7. The third-order valence-electron chi connectivity index (χ3n) is 3.36. The van der Waals surface area contributed by atoms with Crippen LogP contribution in [0.15, 0.2) is 52.9 Å². The van der Waals surface area contributed by atoms with Crippen LogP contribution in [0.3, 0.4) is 0 Å². The number of sulfonamides is 1. The van der Waals surface area contributed by atoms with Crippen molar-refractivity contribution in [2.45, 2.75) is 4.90 Å². The zero-order valence-corrected chi connectivity index (χ0v) is 14.5. The van der Waals surface area contributed by atoms with Crippen LogP contribution < -0.4 is 9.46 Å². The molecule has 1 aromatic carbocycles. The van der Waals surface area contributed by atoms with Crippen LogP contribution in [-0.4, -0.2) is 37.6 Å². The van der Waals surface area contributed by atoms with Gasteiger partial charge < -0.3 is 9.84 Å². The van der Waals surface area contributed by atoms with Crippen molar-refractivity contribution in [2.75, 3.05) is 13.2 Å². The molecule has 3 aromatic rings. The molecule has 7 nitrogen and oxygen atoms in total. The highest BCUT2D eigenvalue weighted by molar-refractivity contribution is 7.89. The average Bonchev–Trinajstić information content (AvgIpc) is 3.10. The maximum Gasteiger partial charge on any atom is 0.347 e. The minimum Gasteiger partial charge on any atom is -0.490 e. The smallest absolute Gasteiger partial charge is 0.347 e. The number of hydrogen-bond acceptors (Lipinski definition) is 6. The summed E-state index contributed by atoms with van der Waals surface area (Å²) in [4.78, 5) is 14.9. The Hall–Kier alpha value is -2.49. The average molecular weight is 378 g/mol. The maximum absolute atomic E-state index is 12.2. The molecule has 9 heteroatoms. The van der Waals surface area contributed by atoms with Crippen molar-refractivity contribution in [3.05, 3.63) is 52.9 Å². The lowest BCUT2D eigenvalue weighted by Gasteiger charge is -2.10. The second-order valence-corrected chi connectivity index (χ2v) is 7.65. The molecule has 0 spiro atoms. The highest BCUT2D eigenvalue weighted by Crippen LogP contribution is 2.23. The van der Waals surface area contributed by atoms with Crippen molar-refractivity contribution in [3.63, 3.8) is 0 Å². The first-order chi connectivity index (χ1) is 12.0. The van der Waals surface area contributed by atoms with Gasteiger partial charge in [0, 0.05) is 18.1 Å². The standard InChI is InChI=1S/C16H14N2O5S2/c19-16(20)15-13(6-10-24-15)25(21,22)18-8-9-23-12-5-1-3-11-4-2-7-17-14(11)12/h1-7,10,18H,8-9H2,(H,19,20). The third-order valence-corrected chi connectivity index (χ3v) is 5.90. The van der Waals surface area contributed by atoms with Crippen LogP contribution in [-0.2, 0) is 10.0 Å². The summed E-state index contributed by atoms with van der Waals surface area (Å²) in [6.07, 6.45) is 1.65. The number of para-hydroxylation sites is 1. The summed E-state index contributed by atoms with van der Waals surface area (Å²) in [5, 5.41) is 11.4. The van der Waals surface area contributed by atoms with Gasteiger partial charge >= 0.3 is 5.97 Å². The summed E-state index contributed by atoms with van der Waals surface area (Å²) in [6.45, 7) is 0.0852. The lowest BCUT2D eigenvalue weighted by atomic mass is 10.2. The molecule has 0 aliphatic carbocycles. The molecule has 3 rings (SSSR count). The van der Waals surface area contributed by atoms with Gasteiger partial charge in [-0.2, -0.15) is 0 Å². The van der Waals surface area contributed by atoms with Gasteiger partial charge in [0.05, 0.1) is 0 Å². The predicted molar refractivity (Wildman–Crippen MR) is 93.7 cm³/mol. The number of nitrogens with one attached hydrogen (secondary N) is 1. The first-order valence-corrected chi connectivity index (χ1v) is 9.62. The molecule has 0 fully saturated rings. The maximum atomic E-state index is 12.2. The van der Waals surface area contributed by atoms with Crippen LogP contribution in [0.2, 0.25) is 0 Å². The molecule has 25 heavy (non-hydrogen) atoms. The number of aromatic nitrogens is 1. The van der Waals surface area contributed by atoms with Crippen molar-refractivity contribution in [1.82, 2.24) is 9.71 Å². The van der Waals surface area contributed by atoms with E-state index < -0.39 is 16.0 Å². The number of hydrogen-bond donors (Lipinski definition) is 2. The van der Waals surface area contributed by atoms with Gasteiger partial charge in [0.2, 0.25) is 10.0 Å². The van der Waals surface area contributed by atoms with Crippen LogP contribution in [0.1, 0.15) is 9.67 Å². The Morgan fingerprint density at radius 1 is 1.24 bits per heavy atom. The van der Waals surface area contributed by atoms with E-state index in [-0.39, 0.29) is 22.9 Å². The Balaban J connectivity index is 1.64. The zero-order valence-electron chi connectivity index (χ0n) is 12.9. The fraction of sp³-hybridized carbons (Fsp3) is 0.125. The van der Waals surface area contributed by atoms with Gasteiger partial charge in [-0.05, 0) is 23.6 Å². The van der Waals surface area contributed by atoms with Crippen LogP contribution >= 0.6 is 11.3 Å². The number of nitrogens with zero attached hydrogens (tertiary/aromatic N) is 1. The van der Waals surface area contributed by atoms with E-state index in [4.69, 9.17) is 9.84 Å². The number of carboxylic acid groups (broad SMARTS) is 1. The molecule has 0 aliphatic rings. The van der Waals surface area contributed by atoms with E-state index in [0.29, 0.717) is 11.3 Å². The normalized spacial score (nSPS) is 11.5. The van der Waals surface area contributed by atoms with Crippen LogP contribution in [0.5, 0.6) is 5.75 Å². The van der Waals surface area contributed by atoms with Gasteiger partial charge in [-0.3, -0.25) is 4.98 Å². The number of aromatic carboxylic acids is 1. The summed E-state index contributed by atoms with van der Waals surface area (Å²) >= 11 is 0.864.